The molecule has 28 heavy (non-hydrogen) atoms. The van der Waals surface area contributed by atoms with Crippen molar-refractivity contribution in [2.45, 2.75) is 6.92 Å². The number of amides is 1. The fraction of sp³-hybridized carbons (Fsp3) is 0.0476. The Morgan fingerprint density at radius 1 is 1.11 bits per heavy atom. The van der Waals surface area contributed by atoms with Crippen LogP contribution in [0.4, 0.5) is 5.69 Å². The SMILES string of the molecule is Cc1nc2cc(NC(=O)c3cc4cccnc4n3-c3cccnc3)ccc2s1. The molecule has 0 aliphatic heterocycles. The van der Waals surface area contributed by atoms with Gasteiger partial charge in [-0.15, -0.1) is 11.3 Å². The van der Waals surface area contributed by atoms with Gasteiger partial charge in [0.25, 0.3) is 5.91 Å². The predicted octanol–water partition coefficient (Wildman–Crippen LogP) is 4.59. The van der Waals surface area contributed by atoms with E-state index in [4.69, 9.17) is 0 Å². The van der Waals surface area contributed by atoms with E-state index >= 15 is 0 Å². The Balaban J connectivity index is 1.58. The molecule has 4 aromatic heterocycles. The maximum absolute atomic E-state index is 13.1. The van der Waals surface area contributed by atoms with Crippen molar-refractivity contribution in [2.75, 3.05) is 5.32 Å². The number of carbonyl (C=O) groups is 1. The summed E-state index contributed by atoms with van der Waals surface area (Å²) in [7, 11) is 0. The average Bonchev–Trinajstić information content (AvgIpc) is 3.28. The molecule has 4 heterocycles. The quantitative estimate of drug-likeness (QED) is 0.493. The number of hydrogen-bond acceptors (Lipinski definition) is 5. The van der Waals surface area contributed by atoms with Gasteiger partial charge >= 0.3 is 0 Å². The van der Waals surface area contributed by atoms with Crippen molar-refractivity contribution >= 4 is 44.2 Å². The van der Waals surface area contributed by atoms with Gasteiger partial charge in [0, 0.05) is 23.5 Å². The van der Waals surface area contributed by atoms with E-state index in [-0.39, 0.29) is 5.91 Å². The molecule has 0 aliphatic carbocycles. The Morgan fingerprint density at radius 2 is 2.00 bits per heavy atom. The van der Waals surface area contributed by atoms with Crippen molar-refractivity contribution in [3.63, 3.8) is 0 Å². The van der Waals surface area contributed by atoms with E-state index in [1.54, 1.807) is 29.9 Å². The molecule has 0 radical (unpaired) electrons. The molecule has 0 fully saturated rings. The lowest BCUT2D eigenvalue weighted by Gasteiger charge is -2.10. The zero-order valence-electron chi connectivity index (χ0n) is 15.0. The normalized spacial score (nSPS) is 11.2. The summed E-state index contributed by atoms with van der Waals surface area (Å²) in [6.07, 6.45) is 5.14. The number of rotatable bonds is 3. The Labute approximate surface area is 164 Å². The molecule has 0 atom stereocenters. The summed E-state index contributed by atoms with van der Waals surface area (Å²) in [5, 5.41) is 4.88. The Morgan fingerprint density at radius 3 is 2.86 bits per heavy atom. The molecule has 6 nitrogen and oxygen atoms in total. The highest BCUT2D eigenvalue weighted by molar-refractivity contribution is 7.18. The summed E-state index contributed by atoms with van der Waals surface area (Å²) in [5.74, 6) is -0.215. The number of benzene rings is 1. The van der Waals surface area contributed by atoms with Crippen LogP contribution in [0.3, 0.4) is 0 Å². The monoisotopic (exact) mass is 385 g/mol. The van der Waals surface area contributed by atoms with E-state index in [0.717, 1.165) is 26.3 Å². The van der Waals surface area contributed by atoms with Crippen LogP contribution in [0.25, 0.3) is 26.9 Å². The number of hydrogen-bond donors (Lipinski definition) is 1. The number of pyridine rings is 2. The van der Waals surface area contributed by atoms with E-state index in [1.807, 2.05) is 60.0 Å². The van der Waals surface area contributed by atoms with Crippen LogP contribution in [0.5, 0.6) is 0 Å². The molecule has 5 rings (SSSR count). The van der Waals surface area contributed by atoms with Crippen LogP contribution >= 0.6 is 11.3 Å². The van der Waals surface area contributed by atoms with E-state index in [9.17, 15) is 4.79 Å². The Bertz CT molecular complexity index is 1320. The van der Waals surface area contributed by atoms with Crippen molar-refractivity contribution in [3.8, 4) is 5.69 Å². The van der Waals surface area contributed by atoms with Gasteiger partial charge in [0.05, 0.1) is 27.1 Å². The maximum atomic E-state index is 13.1. The van der Waals surface area contributed by atoms with Crippen LogP contribution < -0.4 is 5.32 Å². The van der Waals surface area contributed by atoms with Gasteiger partial charge in [-0.3, -0.25) is 14.3 Å². The maximum Gasteiger partial charge on any atom is 0.272 e. The van der Waals surface area contributed by atoms with Crippen LogP contribution in [0.2, 0.25) is 0 Å². The van der Waals surface area contributed by atoms with Crippen LogP contribution in [0.15, 0.2) is 67.1 Å². The van der Waals surface area contributed by atoms with Gasteiger partial charge in [-0.1, -0.05) is 0 Å². The number of aryl methyl sites for hydroxylation is 1. The molecular weight excluding hydrogens is 370 g/mol. The van der Waals surface area contributed by atoms with Crippen molar-refractivity contribution in [3.05, 3.63) is 77.8 Å². The number of nitrogens with zero attached hydrogens (tertiary/aromatic N) is 4. The number of fused-ring (bicyclic) bond motifs is 2. The first-order valence-electron chi connectivity index (χ1n) is 8.74. The van der Waals surface area contributed by atoms with Crippen LogP contribution in [0, 0.1) is 6.92 Å². The van der Waals surface area contributed by atoms with Gasteiger partial charge in [-0.05, 0) is 55.5 Å². The summed E-state index contributed by atoms with van der Waals surface area (Å²) in [5.41, 5.74) is 3.59. The molecule has 7 heteroatoms. The molecular formula is C21H15N5OS. The van der Waals surface area contributed by atoms with Gasteiger partial charge in [-0.25, -0.2) is 9.97 Å². The molecule has 0 spiro atoms. The first-order chi connectivity index (χ1) is 13.7. The smallest absolute Gasteiger partial charge is 0.272 e. The molecule has 0 unspecified atom stereocenters. The zero-order valence-corrected chi connectivity index (χ0v) is 15.8. The lowest BCUT2D eigenvalue weighted by Crippen LogP contribution is -2.16. The molecule has 0 saturated heterocycles. The minimum absolute atomic E-state index is 0.215. The number of thiazole rings is 1. The van der Waals surface area contributed by atoms with Crippen molar-refractivity contribution in [2.24, 2.45) is 0 Å². The highest BCUT2D eigenvalue weighted by Gasteiger charge is 2.18. The highest BCUT2D eigenvalue weighted by atomic mass is 32.1. The second-order valence-corrected chi connectivity index (χ2v) is 7.60. The van der Waals surface area contributed by atoms with Crippen molar-refractivity contribution < 1.29 is 4.79 Å². The molecule has 0 saturated carbocycles. The van der Waals surface area contributed by atoms with Gasteiger partial charge < -0.3 is 5.32 Å². The van der Waals surface area contributed by atoms with Crippen LogP contribution in [0.1, 0.15) is 15.5 Å². The van der Waals surface area contributed by atoms with E-state index in [1.165, 1.54) is 0 Å². The summed E-state index contributed by atoms with van der Waals surface area (Å²) < 4.78 is 2.92. The second kappa shape index (κ2) is 6.54. The number of carbonyl (C=O) groups excluding carboxylic acids is 1. The number of nitrogens with one attached hydrogen (secondary N) is 1. The Kier molecular flexibility index (Phi) is 3.87. The first kappa shape index (κ1) is 16.6. The fourth-order valence-electron chi connectivity index (χ4n) is 3.26. The lowest BCUT2D eigenvalue weighted by molar-refractivity contribution is 0.102. The summed E-state index contributed by atoms with van der Waals surface area (Å²) in [6.45, 7) is 1.97. The number of aromatic nitrogens is 4. The van der Waals surface area contributed by atoms with Crippen molar-refractivity contribution in [1.82, 2.24) is 19.5 Å². The van der Waals surface area contributed by atoms with Crippen LogP contribution in [-0.4, -0.2) is 25.4 Å². The average molecular weight is 385 g/mol. The van der Waals surface area contributed by atoms with Crippen LogP contribution in [-0.2, 0) is 0 Å². The Hall–Kier alpha value is -3.58. The third-order valence-corrected chi connectivity index (χ3v) is 5.40. The second-order valence-electron chi connectivity index (χ2n) is 6.36. The van der Waals surface area contributed by atoms with Gasteiger partial charge in [0.15, 0.2) is 0 Å². The highest BCUT2D eigenvalue weighted by Crippen LogP contribution is 2.26. The molecule has 1 amide bonds. The summed E-state index contributed by atoms with van der Waals surface area (Å²) in [4.78, 5) is 26.3. The minimum atomic E-state index is -0.215. The molecule has 136 valence electrons. The third kappa shape index (κ3) is 2.82. The van der Waals surface area contributed by atoms with Gasteiger partial charge in [0.2, 0.25) is 0 Å². The molecule has 1 aromatic carbocycles. The zero-order chi connectivity index (χ0) is 19.1. The topological polar surface area (TPSA) is 72.7 Å². The standard InChI is InChI=1S/C21H15N5OS/c1-13-24-17-11-15(6-7-19(17)28-13)25-21(27)18-10-14-4-2-9-23-20(14)26(18)16-5-3-8-22-12-16/h2-12H,1H3,(H,25,27). The predicted molar refractivity (Wildman–Crippen MR) is 111 cm³/mol. The third-order valence-electron chi connectivity index (χ3n) is 4.45. The minimum Gasteiger partial charge on any atom is -0.321 e. The molecule has 1 N–H and O–H groups in total. The molecule has 5 aromatic rings. The fourth-order valence-corrected chi connectivity index (χ4v) is 4.07. The molecule has 0 bridgehead atoms. The molecule has 0 aliphatic rings. The summed E-state index contributed by atoms with van der Waals surface area (Å²) >= 11 is 1.64. The lowest BCUT2D eigenvalue weighted by atomic mass is 10.2. The van der Waals surface area contributed by atoms with E-state index < -0.39 is 0 Å². The van der Waals surface area contributed by atoms with Crippen molar-refractivity contribution in [1.29, 1.82) is 0 Å². The largest absolute Gasteiger partial charge is 0.321 e. The summed E-state index contributed by atoms with van der Waals surface area (Å²) in [6, 6.07) is 15.2. The van der Waals surface area contributed by atoms with Gasteiger partial charge in [0.1, 0.15) is 11.3 Å². The van der Waals surface area contributed by atoms with E-state index in [0.29, 0.717) is 17.0 Å². The first-order valence-corrected chi connectivity index (χ1v) is 9.56. The van der Waals surface area contributed by atoms with E-state index in [2.05, 4.69) is 20.3 Å². The van der Waals surface area contributed by atoms with Gasteiger partial charge in [-0.2, -0.15) is 0 Å². The number of anilines is 1.